The lowest BCUT2D eigenvalue weighted by atomic mass is 10.2. The van der Waals surface area contributed by atoms with Crippen molar-refractivity contribution in [1.82, 2.24) is 34.9 Å². The molecule has 4 heterocycles. The average Bonchev–Trinajstić information content (AvgIpc) is 3.27. The molecule has 24 heavy (non-hydrogen) atoms. The maximum absolute atomic E-state index is 5.46. The molecular weight excluding hydrogens is 330 g/mol. The van der Waals surface area contributed by atoms with Crippen LogP contribution >= 0.6 is 12.4 Å². The summed E-state index contributed by atoms with van der Waals surface area (Å²) in [4.78, 5) is 15.2. The van der Waals surface area contributed by atoms with E-state index in [1.54, 1.807) is 18.7 Å². The highest BCUT2D eigenvalue weighted by molar-refractivity contribution is 5.85. The Kier molecular flexibility index (Phi) is 4.89. The van der Waals surface area contributed by atoms with Crippen molar-refractivity contribution < 1.29 is 4.52 Å². The Labute approximate surface area is 145 Å². The molecule has 1 aliphatic rings. The van der Waals surface area contributed by atoms with E-state index in [1.807, 2.05) is 22.9 Å². The monoisotopic (exact) mass is 347 g/mol. The van der Waals surface area contributed by atoms with E-state index in [1.165, 1.54) is 0 Å². The third-order valence-corrected chi connectivity index (χ3v) is 4.01. The summed E-state index contributed by atoms with van der Waals surface area (Å²) < 4.78 is 7.29. The largest absolute Gasteiger partial charge is 0.334 e. The minimum atomic E-state index is 0. The lowest BCUT2D eigenvalue weighted by Crippen LogP contribution is -2.44. The van der Waals surface area contributed by atoms with E-state index in [0.717, 1.165) is 31.0 Å². The number of rotatable bonds is 3. The number of nitrogens with zero attached hydrogens (tertiary/aromatic N) is 6. The summed E-state index contributed by atoms with van der Waals surface area (Å²) in [7, 11) is 2.07. The fourth-order valence-corrected chi connectivity index (χ4v) is 2.67. The number of hydrogen-bond acceptors (Lipinski definition) is 7. The van der Waals surface area contributed by atoms with Crippen LogP contribution in [0, 0.1) is 0 Å². The second-order valence-corrected chi connectivity index (χ2v) is 5.53. The standard InChI is InChI=1S/C15H17N7O.ClH/c1-21-6-4-16-9-12(21)14-19-15(23-20-14)11-2-3-18-13(8-11)22-7-5-17-10-22;/h2-3,5,7-8,10,12,16H,4,6,9H2,1H3;1H. The summed E-state index contributed by atoms with van der Waals surface area (Å²) in [5.41, 5.74) is 0.842. The Bertz CT molecular complexity index is 789. The molecule has 0 saturated carbocycles. The van der Waals surface area contributed by atoms with E-state index in [0.29, 0.717) is 11.7 Å². The number of aromatic nitrogens is 5. The maximum atomic E-state index is 5.46. The minimum absolute atomic E-state index is 0. The Hall–Kier alpha value is -2.29. The van der Waals surface area contributed by atoms with Gasteiger partial charge in [0.05, 0.1) is 6.04 Å². The van der Waals surface area contributed by atoms with Crippen LogP contribution in [0.5, 0.6) is 0 Å². The molecule has 3 aromatic heterocycles. The zero-order valence-corrected chi connectivity index (χ0v) is 14.0. The predicted molar refractivity (Wildman–Crippen MR) is 90.1 cm³/mol. The molecule has 1 aliphatic heterocycles. The topological polar surface area (TPSA) is 84.9 Å². The van der Waals surface area contributed by atoms with Crippen molar-refractivity contribution in [2.24, 2.45) is 0 Å². The molecule has 0 amide bonds. The first-order valence-electron chi connectivity index (χ1n) is 7.50. The minimum Gasteiger partial charge on any atom is -0.334 e. The second-order valence-electron chi connectivity index (χ2n) is 5.53. The Morgan fingerprint density at radius 2 is 2.25 bits per heavy atom. The van der Waals surface area contributed by atoms with E-state index in [9.17, 15) is 0 Å². The molecule has 126 valence electrons. The number of halogens is 1. The van der Waals surface area contributed by atoms with Gasteiger partial charge in [-0.25, -0.2) is 9.97 Å². The van der Waals surface area contributed by atoms with Gasteiger partial charge in [0.15, 0.2) is 5.82 Å². The Morgan fingerprint density at radius 3 is 3.04 bits per heavy atom. The summed E-state index contributed by atoms with van der Waals surface area (Å²) in [6.45, 7) is 2.77. The lowest BCUT2D eigenvalue weighted by molar-refractivity contribution is 0.190. The molecular formula is C15H18ClN7O. The van der Waals surface area contributed by atoms with Gasteiger partial charge in [-0.05, 0) is 19.2 Å². The summed E-state index contributed by atoms with van der Waals surface area (Å²) in [6, 6.07) is 3.90. The van der Waals surface area contributed by atoms with Gasteiger partial charge in [0.2, 0.25) is 0 Å². The first kappa shape index (κ1) is 16.6. The molecule has 0 radical (unpaired) electrons. The van der Waals surface area contributed by atoms with Crippen molar-refractivity contribution in [2.75, 3.05) is 26.7 Å². The molecule has 0 bridgehead atoms. The van der Waals surface area contributed by atoms with E-state index in [4.69, 9.17) is 4.52 Å². The number of imidazole rings is 1. The number of likely N-dealkylation sites (N-methyl/N-ethyl adjacent to an activating group) is 1. The maximum Gasteiger partial charge on any atom is 0.258 e. The summed E-state index contributed by atoms with van der Waals surface area (Å²) in [5.74, 6) is 1.97. The van der Waals surface area contributed by atoms with E-state index < -0.39 is 0 Å². The molecule has 1 saturated heterocycles. The van der Waals surface area contributed by atoms with Crippen LogP contribution in [0.15, 0.2) is 41.6 Å². The molecule has 9 heteroatoms. The quantitative estimate of drug-likeness (QED) is 0.764. The van der Waals surface area contributed by atoms with Crippen LogP contribution in [0.25, 0.3) is 17.3 Å². The van der Waals surface area contributed by atoms with Crippen LogP contribution < -0.4 is 5.32 Å². The zero-order chi connectivity index (χ0) is 15.6. The third kappa shape index (κ3) is 3.16. The van der Waals surface area contributed by atoms with Gasteiger partial charge in [-0.2, -0.15) is 4.98 Å². The van der Waals surface area contributed by atoms with Gasteiger partial charge < -0.3 is 9.84 Å². The zero-order valence-electron chi connectivity index (χ0n) is 13.2. The highest BCUT2D eigenvalue weighted by Gasteiger charge is 2.25. The number of hydrogen-bond donors (Lipinski definition) is 1. The van der Waals surface area contributed by atoms with Crippen LogP contribution in [0.2, 0.25) is 0 Å². The average molecular weight is 348 g/mol. The van der Waals surface area contributed by atoms with Gasteiger partial charge in [0.1, 0.15) is 12.1 Å². The highest BCUT2D eigenvalue weighted by Crippen LogP contribution is 2.23. The molecule has 0 aromatic carbocycles. The Balaban J connectivity index is 0.00000169. The molecule has 4 rings (SSSR count). The van der Waals surface area contributed by atoms with E-state index in [-0.39, 0.29) is 18.4 Å². The molecule has 1 unspecified atom stereocenters. The molecule has 8 nitrogen and oxygen atoms in total. The van der Waals surface area contributed by atoms with Crippen molar-refractivity contribution in [3.05, 3.63) is 42.9 Å². The van der Waals surface area contributed by atoms with Crippen LogP contribution in [0.4, 0.5) is 0 Å². The van der Waals surface area contributed by atoms with Crippen LogP contribution in [-0.4, -0.2) is 56.3 Å². The van der Waals surface area contributed by atoms with Crippen molar-refractivity contribution in [3.8, 4) is 17.3 Å². The molecule has 0 aliphatic carbocycles. The van der Waals surface area contributed by atoms with Gasteiger partial charge in [-0.3, -0.25) is 9.47 Å². The fourth-order valence-electron chi connectivity index (χ4n) is 2.67. The van der Waals surface area contributed by atoms with Crippen molar-refractivity contribution >= 4 is 12.4 Å². The molecule has 3 aromatic rings. The van der Waals surface area contributed by atoms with Crippen molar-refractivity contribution in [3.63, 3.8) is 0 Å². The van der Waals surface area contributed by atoms with Gasteiger partial charge in [0, 0.05) is 43.8 Å². The number of piperazine rings is 1. The van der Waals surface area contributed by atoms with E-state index >= 15 is 0 Å². The van der Waals surface area contributed by atoms with Crippen molar-refractivity contribution in [1.29, 1.82) is 0 Å². The van der Waals surface area contributed by atoms with E-state index in [2.05, 4.69) is 37.4 Å². The van der Waals surface area contributed by atoms with Crippen molar-refractivity contribution in [2.45, 2.75) is 6.04 Å². The number of nitrogens with one attached hydrogen (secondary N) is 1. The van der Waals surface area contributed by atoms with Gasteiger partial charge >= 0.3 is 0 Å². The van der Waals surface area contributed by atoms with Crippen LogP contribution in [0.3, 0.4) is 0 Å². The van der Waals surface area contributed by atoms with Crippen LogP contribution in [0.1, 0.15) is 11.9 Å². The normalized spacial score (nSPS) is 18.3. The third-order valence-electron chi connectivity index (χ3n) is 4.01. The highest BCUT2D eigenvalue weighted by atomic mass is 35.5. The summed E-state index contributed by atoms with van der Waals surface area (Å²) >= 11 is 0. The number of pyridine rings is 1. The van der Waals surface area contributed by atoms with Gasteiger partial charge in [-0.1, -0.05) is 5.16 Å². The SMILES string of the molecule is CN1CCNCC1c1noc(-c2ccnc(-n3ccnc3)c2)n1.Cl. The lowest BCUT2D eigenvalue weighted by Gasteiger charge is -2.30. The fraction of sp³-hybridized carbons (Fsp3) is 0.333. The van der Waals surface area contributed by atoms with Gasteiger partial charge in [-0.15, -0.1) is 12.4 Å². The first-order chi connectivity index (χ1) is 11.3. The molecule has 1 N–H and O–H groups in total. The second kappa shape index (κ2) is 7.08. The molecule has 1 atom stereocenters. The summed E-state index contributed by atoms with van der Waals surface area (Å²) in [5, 5.41) is 7.51. The molecule has 0 spiro atoms. The van der Waals surface area contributed by atoms with Gasteiger partial charge in [0.25, 0.3) is 5.89 Å². The smallest absolute Gasteiger partial charge is 0.258 e. The molecule has 1 fully saturated rings. The Morgan fingerprint density at radius 1 is 1.33 bits per heavy atom. The first-order valence-corrected chi connectivity index (χ1v) is 7.50. The predicted octanol–water partition coefficient (Wildman–Crippen LogP) is 1.32. The summed E-state index contributed by atoms with van der Waals surface area (Å²) in [6.07, 6.45) is 6.98. The van der Waals surface area contributed by atoms with Crippen LogP contribution in [-0.2, 0) is 0 Å².